The average molecular weight is 467 g/mol. The standard InChI is InChI=1S/C27H34N2O3S/c1-6-32-26(31)20-8-7-13-28(17-20)25(30)23-15-24-22(14-18(2)33-24)29(23)16-19-9-11-21(12-10-19)27(3,4)5/h9-12,14-15,20H,6-8,13,16-17H2,1-5H3/t20-/m0/s1. The summed E-state index contributed by atoms with van der Waals surface area (Å²) in [4.78, 5) is 29.0. The molecule has 3 heterocycles. The van der Waals surface area contributed by atoms with Gasteiger partial charge in [-0.3, -0.25) is 9.59 Å². The van der Waals surface area contributed by atoms with Crippen molar-refractivity contribution < 1.29 is 14.3 Å². The van der Waals surface area contributed by atoms with Crippen LogP contribution in [0.4, 0.5) is 0 Å². The Balaban J connectivity index is 1.63. The third-order valence-corrected chi connectivity index (χ3v) is 7.41. The van der Waals surface area contributed by atoms with Gasteiger partial charge in [0.25, 0.3) is 5.91 Å². The van der Waals surface area contributed by atoms with E-state index in [1.807, 2.05) is 17.9 Å². The molecule has 0 aliphatic carbocycles. The second-order valence-electron chi connectivity index (χ2n) is 10.0. The molecule has 1 saturated heterocycles. The Hall–Kier alpha value is -2.60. The van der Waals surface area contributed by atoms with Gasteiger partial charge in [-0.2, -0.15) is 0 Å². The minimum atomic E-state index is -0.237. The van der Waals surface area contributed by atoms with Crippen LogP contribution in [0.25, 0.3) is 10.2 Å². The summed E-state index contributed by atoms with van der Waals surface area (Å²) in [5, 5.41) is 0. The van der Waals surface area contributed by atoms with E-state index in [0.29, 0.717) is 31.9 Å². The Kier molecular flexibility index (Phi) is 6.66. The van der Waals surface area contributed by atoms with Gasteiger partial charge in [-0.25, -0.2) is 0 Å². The number of amides is 1. The maximum atomic E-state index is 13.6. The summed E-state index contributed by atoms with van der Waals surface area (Å²) in [5.41, 5.74) is 4.36. The molecule has 0 N–H and O–H groups in total. The molecule has 1 aliphatic heterocycles. The first-order chi connectivity index (χ1) is 15.7. The average Bonchev–Trinajstić information content (AvgIpc) is 3.30. The van der Waals surface area contributed by atoms with Crippen molar-refractivity contribution >= 4 is 33.4 Å². The molecule has 2 aromatic heterocycles. The highest BCUT2D eigenvalue weighted by Gasteiger charge is 2.31. The molecule has 176 valence electrons. The molecule has 0 bridgehead atoms. The minimum Gasteiger partial charge on any atom is -0.466 e. The second-order valence-corrected chi connectivity index (χ2v) is 11.3. The van der Waals surface area contributed by atoms with Crippen molar-refractivity contribution in [1.82, 2.24) is 9.47 Å². The van der Waals surface area contributed by atoms with Crippen molar-refractivity contribution in [3.05, 3.63) is 58.1 Å². The molecule has 5 nitrogen and oxygen atoms in total. The number of hydrogen-bond donors (Lipinski definition) is 0. The van der Waals surface area contributed by atoms with Crippen LogP contribution in [0, 0.1) is 12.8 Å². The highest BCUT2D eigenvalue weighted by Crippen LogP contribution is 2.31. The third kappa shape index (κ3) is 5.01. The van der Waals surface area contributed by atoms with Crippen LogP contribution in [-0.2, 0) is 21.5 Å². The number of nitrogens with zero attached hydrogens (tertiary/aromatic N) is 2. The van der Waals surface area contributed by atoms with Crippen molar-refractivity contribution in [2.75, 3.05) is 19.7 Å². The molecule has 1 atom stereocenters. The Bertz CT molecular complexity index is 1150. The summed E-state index contributed by atoms with van der Waals surface area (Å²) in [6, 6.07) is 12.9. The number of rotatable bonds is 5. The number of hydrogen-bond acceptors (Lipinski definition) is 4. The van der Waals surface area contributed by atoms with E-state index in [9.17, 15) is 9.59 Å². The molecule has 0 spiro atoms. The lowest BCUT2D eigenvalue weighted by Gasteiger charge is -2.31. The van der Waals surface area contributed by atoms with Gasteiger partial charge in [-0.15, -0.1) is 11.3 Å². The van der Waals surface area contributed by atoms with Gasteiger partial charge < -0.3 is 14.2 Å². The van der Waals surface area contributed by atoms with Gasteiger partial charge in [-0.05, 0) is 55.4 Å². The molecule has 4 rings (SSSR count). The van der Waals surface area contributed by atoms with Crippen LogP contribution in [0.2, 0.25) is 0 Å². The summed E-state index contributed by atoms with van der Waals surface area (Å²) >= 11 is 1.71. The number of thiophene rings is 1. The van der Waals surface area contributed by atoms with E-state index in [2.05, 4.69) is 62.6 Å². The van der Waals surface area contributed by atoms with Crippen LogP contribution in [0.15, 0.2) is 36.4 Å². The molecule has 0 unspecified atom stereocenters. The maximum absolute atomic E-state index is 13.6. The number of piperidine rings is 1. The summed E-state index contributed by atoms with van der Waals surface area (Å²) < 4.78 is 8.49. The molecular formula is C27H34N2O3S. The van der Waals surface area contributed by atoms with Gasteiger partial charge in [0.05, 0.1) is 22.7 Å². The maximum Gasteiger partial charge on any atom is 0.310 e. The van der Waals surface area contributed by atoms with Crippen molar-refractivity contribution in [3.63, 3.8) is 0 Å². The van der Waals surface area contributed by atoms with E-state index < -0.39 is 0 Å². The van der Waals surface area contributed by atoms with E-state index >= 15 is 0 Å². The molecule has 0 radical (unpaired) electrons. The van der Waals surface area contributed by atoms with Crippen molar-refractivity contribution in [3.8, 4) is 0 Å². The largest absolute Gasteiger partial charge is 0.466 e. The molecule has 3 aromatic rings. The lowest BCUT2D eigenvalue weighted by molar-refractivity contribution is -0.149. The SMILES string of the molecule is CCOC(=O)[C@H]1CCCN(C(=O)c2cc3sc(C)cc3n2Cc2ccc(C(C)(C)C)cc2)C1. The molecule has 1 aliphatic rings. The van der Waals surface area contributed by atoms with Crippen LogP contribution >= 0.6 is 11.3 Å². The number of ether oxygens (including phenoxy) is 1. The number of carbonyl (C=O) groups excluding carboxylic acids is 2. The third-order valence-electron chi connectivity index (χ3n) is 6.42. The lowest BCUT2D eigenvalue weighted by atomic mass is 9.87. The molecule has 1 aromatic carbocycles. The number of likely N-dealkylation sites (tertiary alicyclic amines) is 1. The first kappa shape index (κ1) is 23.6. The molecule has 6 heteroatoms. The zero-order chi connectivity index (χ0) is 23.8. The Morgan fingerprint density at radius 3 is 2.55 bits per heavy atom. The van der Waals surface area contributed by atoms with Crippen LogP contribution in [0.3, 0.4) is 0 Å². The van der Waals surface area contributed by atoms with Gasteiger partial charge >= 0.3 is 5.97 Å². The molecule has 1 amide bonds. The molecular weight excluding hydrogens is 432 g/mol. The zero-order valence-electron chi connectivity index (χ0n) is 20.3. The number of aryl methyl sites for hydroxylation is 1. The van der Waals surface area contributed by atoms with Crippen molar-refractivity contribution in [2.24, 2.45) is 5.92 Å². The van der Waals surface area contributed by atoms with Gasteiger partial charge in [-0.1, -0.05) is 45.0 Å². The van der Waals surface area contributed by atoms with Crippen molar-refractivity contribution in [2.45, 2.75) is 59.4 Å². The fraction of sp³-hybridized carbons (Fsp3) is 0.481. The van der Waals surface area contributed by atoms with E-state index in [4.69, 9.17) is 4.74 Å². The molecule has 1 fully saturated rings. The monoisotopic (exact) mass is 466 g/mol. The predicted molar refractivity (Wildman–Crippen MR) is 134 cm³/mol. The number of benzene rings is 1. The van der Waals surface area contributed by atoms with Crippen LogP contribution in [0.5, 0.6) is 0 Å². The summed E-state index contributed by atoms with van der Waals surface area (Å²) in [6.45, 7) is 12.7. The fourth-order valence-corrected chi connectivity index (χ4v) is 5.54. The molecule has 0 saturated carbocycles. The summed E-state index contributed by atoms with van der Waals surface area (Å²) in [7, 11) is 0. The second kappa shape index (κ2) is 9.34. The van der Waals surface area contributed by atoms with Gasteiger partial charge in [0, 0.05) is 24.5 Å². The normalized spacial score (nSPS) is 16.9. The van der Waals surface area contributed by atoms with Gasteiger partial charge in [0.2, 0.25) is 0 Å². The number of fused-ring (bicyclic) bond motifs is 1. The Morgan fingerprint density at radius 2 is 1.88 bits per heavy atom. The van der Waals surface area contributed by atoms with E-state index in [-0.39, 0.29) is 23.2 Å². The van der Waals surface area contributed by atoms with Gasteiger partial charge in [0.1, 0.15) is 5.69 Å². The molecule has 33 heavy (non-hydrogen) atoms. The quantitative estimate of drug-likeness (QED) is 0.449. The van der Waals surface area contributed by atoms with E-state index in [1.165, 1.54) is 16.0 Å². The fourth-order valence-electron chi connectivity index (χ4n) is 4.58. The smallest absolute Gasteiger partial charge is 0.310 e. The van der Waals surface area contributed by atoms with E-state index in [0.717, 1.165) is 23.1 Å². The van der Waals surface area contributed by atoms with Crippen LogP contribution < -0.4 is 0 Å². The topological polar surface area (TPSA) is 51.5 Å². The minimum absolute atomic E-state index is 0.00337. The zero-order valence-corrected chi connectivity index (χ0v) is 21.1. The van der Waals surface area contributed by atoms with Gasteiger partial charge in [0.15, 0.2) is 0 Å². The Labute approximate surface area is 200 Å². The summed E-state index contributed by atoms with van der Waals surface area (Å²) in [6.07, 6.45) is 1.59. The predicted octanol–water partition coefficient (Wildman–Crippen LogP) is 5.77. The number of carbonyl (C=O) groups is 2. The lowest BCUT2D eigenvalue weighted by Crippen LogP contribution is -2.43. The highest BCUT2D eigenvalue weighted by atomic mass is 32.1. The first-order valence-electron chi connectivity index (χ1n) is 11.8. The number of esters is 1. The Morgan fingerprint density at radius 1 is 1.15 bits per heavy atom. The van der Waals surface area contributed by atoms with Crippen molar-refractivity contribution in [1.29, 1.82) is 0 Å². The number of aromatic nitrogens is 1. The summed E-state index contributed by atoms with van der Waals surface area (Å²) in [5.74, 6) is -0.434. The van der Waals surface area contributed by atoms with Crippen LogP contribution in [0.1, 0.15) is 67.0 Å². The van der Waals surface area contributed by atoms with E-state index in [1.54, 1.807) is 11.3 Å². The highest BCUT2D eigenvalue weighted by molar-refractivity contribution is 7.19. The first-order valence-corrected chi connectivity index (χ1v) is 12.6. The van der Waals surface area contributed by atoms with Crippen LogP contribution in [-0.4, -0.2) is 41.0 Å².